The average Bonchev–Trinajstić information content (AvgIpc) is 3.09. The van der Waals surface area contributed by atoms with Gasteiger partial charge < -0.3 is 10.6 Å². The molecule has 1 atom stereocenters. The van der Waals surface area contributed by atoms with E-state index in [1.807, 2.05) is 0 Å². The Morgan fingerprint density at radius 1 is 1.28 bits per heavy atom. The summed E-state index contributed by atoms with van der Waals surface area (Å²) in [6.07, 6.45) is -0.984. The Hall–Kier alpha value is -0.780. The lowest BCUT2D eigenvalue weighted by Crippen LogP contribution is -2.51. The molecule has 18 heavy (non-hydrogen) atoms. The van der Waals surface area contributed by atoms with Gasteiger partial charge in [0.15, 0.2) is 0 Å². The zero-order valence-electron chi connectivity index (χ0n) is 10.2. The molecule has 6 heteroatoms. The predicted molar refractivity (Wildman–Crippen MR) is 60.7 cm³/mol. The fraction of sp³-hybridized carbons (Fsp3) is 0.917. The Morgan fingerprint density at radius 3 is 2.28 bits per heavy atom. The number of amides is 1. The lowest BCUT2D eigenvalue weighted by Gasteiger charge is -2.33. The van der Waals surface area contributed by atoms with Crippen LogP contribution in [0.3, 0.4) is 0 Å². The first-order valence-electron chi connectivity index (χ1n) is 6.51. The van der Waals surface area contributed by atoms with E-state index in [0.717, 1.165) is 17.7 Å². The van der Waals surface area contributed by atoms with E-state index < -0.39 is 12.2 Å². The summed E-state index contributed by atoms with van der Waals surface area (Å²) in [6.45, 7) is -0.0515. The minimum atomic E-state index is -4.37. The van der Waals surface area contributed by atoms with Gasteiger partial charge in [-0.15, -0.1) is 0 Å². The molecule has 2 saturated carbocycles. The fourth-order valence-corrected chi connectivity index (χ4v) is 2.28. The maximum absolute atomic E-state index is 13.0. The number of nitrogens with zero attached hydrogens (tertiary/aromatic N) is 1. The van der Waals surface area contributed by atoms with Gasteiger partial charge in [-0.3, -0.25) is 4.79 Å². The van der Waals surface area contributed by atoms with Crippen LogP contribution in [0.25, 0.3) is 0 Å². The number of nitrogens with two attached hydrogens (primary N) is 1. The highest BCUT2D eigenvalue weighted by atomic mass is 19.4. The predicted octanol–water partition coefficient (Wildman–Crippen LogP) is 2.06. The summed E-state index contributed by atoms with van der Waals surface area (Å²) in [6, 6.07) is -1.91. The summed E-state index contributed by atoms with van der Waals surface area (Å²) in [5.74, 6) is -0.0266. The van der Waals surface area contributed by atoms with E-state index in [0.29, 0.717) is 18.8 Å². The van der Waals surface area contributed by atoms with E-state index in [1.54, 1.807) is 0 Å². The van der Waals surface area contributed by atoms with Crippen LogP contribution in [0.4, 0.5) is 13.2 Å². The van der Waals surface area contributed by atoms with Crippen LogP contribution >= 0.6 is 0 Å². The molecule has 0 aromatic rings. The monoisotopic (exact) mass is 264 g/mol. The van der Waals surface area contributed by atoms with Gasteiger partial charge in [0.2, 0.25) is 5.91 Å². The van der Waals surface area contributed by atoms with Crippen LogP contribution in [0, 0.1) is 5.92 Å². The quantitative estimate of drug-likeness (QED) is 0.798. The first-order chi connectivity index (χ1) is 8.43. The SMILES string of the molecule is NCCC(N(C(=O)CC1CC1)C1CC1)C(F)(F)F. The van der Waals surface area contributed by atoms with Crippen LogP contribution in [0.1, 0.15) is 38.5 Å². The number of rotatable bonds is 6. The highest BCUT2D eigenvalue weighted by Gasteiger charge is 2.49. The Kier molecular flexibility index (Phi) is 3.84. The van der Waals surface area contributed by atoms with E-state index in [4.69, 9.17) is 5.73 Å². The minimum Gasteiger partial charge on any atom is -0.330 e. The molecular formula is C12H19F3N2O. The van der Waals surface area contributed by atoms with Gasteiger partial charge in [-0.25, -0.2) is 0 Å². The topological polar surface area (TPSA) is 46.3 Å². The lowest BCUT2D eigenvalue weighted by molar-refractivity contribution is -0.192. The molecular weight excluding hydrogens is 245 g/mol. The van der Waals surface area contributed by atoms with Crippen molar-refractivity contribution < 1.29 is 18.0 Å². The molecule has 0 aliphatic heterocycles. The molecule has 3 nitrogen and oxygen atoms in total. The molecule has 0 aromatic heterocycles. The maximum atomic E-state index is 13.0. The molecule has 0 bridgehead atoms. The maximum Gasteiger partial charge on any atom is 0.408 e. The largest absolute Gasteiger partial charge is 0.408 e. The van der Waals surface area contributed by atoms with Crippen molar-refractivity contribution in [2.75, 3.05) is 6.54 Å². The van der Waals surface area contributed by atoms with Gasteiger partial charge in [-0.1, -0.05) is 0 Å². The van der Waals surface area contributed by atoms with Gasteiger partial charge in [-0.2, -0.15) is 13.2 Å². The average molecular weight is 264 g/mol. The Labute approximate surface area is 104 Å². The van der Waals surface area contributed by atoms with Crippen LogP contribution in [-0.2, 0) is 4.79 Å². The van der Waals surface area contributed by atoms with Crippen LogP contribution in [0.5, 0.6) is 0 Å². The van der Waals surface area contributed by atoms with E-state index in [-0.39, 0.29) is 31.3 Å². The molecule has 0 heterocycles. The summed E-state index contributed by atoms with van der Waals surface area (Å²) in [4.78, 5) is 13.1. The van der Waals surface area contributed by atoms with E-state index in [2.05, 4.69) is 0 Å². The smallest absolute Gasteiger partial charge is 0.330 e. The summed E-state index contributed by atoms with van der Waals surface area (Å²) in [5.41, 5.74) is 5.26. The third kappa shape index (κ3) is 3.37. The zero-order valence-corrected chi connectivity index (χ0v) is 10.2. The second kappa shape index (κ2) is 5.07. The molecule has 2 aliphatic rings. The molecule has 1 amide bonds. The first-order valence-corrected chi connectivity index (χ1v) is 6.51. The van der Waals surface area contributed by atoms with E-state index in [1.165, 1.54) is 0 Å². The molecule has 0 spiro atoms. The number of carbonyl (C=O) groups is 1. The normalized spacial score (nSPS) is 21.8. The van der Waals surface area contributed by atoms with Crippen molar-refractivity contribution in [3.05, 3.63) is 0 Å². The van der Waals surface area contributed by atoms with Crippen LogP contribution < -0.4 is 5.73 Å². The molecule has 0 radical (unpaired) electrons. The first kappa shape index (κ1) is 13.6. The second-order valence-corrected chi connectivity index (χ2v) is 5.31. The van der Waals surface area contributed by atoms with Crippen molar-refractivity contribution in [2.45, 2.75) is 56.8 Å². The highest BCUT2D eigenvalue weighted by molar-refractivity contribution is 5.78. The van der Waals surface area contributed by atoms with E-state index in [9.17, 15) is 18.0 Å². The summed E-state index contributed by atoms with van der Waals surface area (Å²) in [5, 5.41) is 0. The van der Waals surface area contributed by atoms with E-state index >= 15 is 0 Å². The molecule has 0 aromatic carbocycles. The van der Waals surface area contributed by atoms with Gasteiger partial charge in [0.25, 0.3) is 0 Å². The van der Waals surface area contributed by atoms with Crippen molar-refractivity contribution >= 4 is 5.91 Å². The number of alkyl halides is 3. The Morgan fingerprint density at radius 2 is 1.89 bits per heavy atom. The van der Waals surface area contributed by atoms with Crippen LogP contribution in [0.15, 0.2) is 0 Å². The summed E-state index contributed by atoms with van der Waals surface area (Å²) < 4.78 is 39.0. The summed E-state index contributed by atoms with van der Waals surface area (Å²) >= 11 is 0. The number of hydrogen-bond acceptors (Lipinski definition) is 2. The minimum absolute atomic E-state index is 0.0515. The lowest BCUT2D eigenvalue weighted by atomic mass is 10.1. The Bertz CT molecular complexity index is 311. The van der Waals surface area contributed by atoms with Gasteiger partial charge in [-0.05, 0) is 44.6 Å². The molecule has 2 fully saturated rings. The fourth-order valence-electron chi connectivity index (χ4n) is 2.28. The third-order valence-corrected chi connectivity index (χ3v) is 3.54. The molecule has 2 rings (SSSR count). The number of carbonyl (C=O) groups excluding carboxylic acids is 1. The van der Waals surface area contributed by atoms with Crippen molar-refractivity contribution in [1.82, 2.24) is 4.90 Å². The molecule has 104 valence electrons. The van der Waals surface area contributed by atoms with Gasteiger partial charge in [0.05, 0.1) is 0 Å². The van der Waals surface area contributed by atoms with Crippen LogP contribution in [-0.4, -0.2) is 35.6 Å². The molecule has 1 unspecified atom stereocenters. The number of halogens is 3. The zero-order chi connectivity index (χ0) is 13.3. The highest BCUT2D eigenvalue weighted by Crippen LogP contribution is 2.39. The Balaban J connectivity index is 2.07. The standard InChI is InChI=1S/C12H19F3N2O/c13-12(14,15)10(5-6-16)17(9-3-4-9)11(18)7-8-1-2-8/h8-10H,1-7,16H2. The second-order valence-electron chi connectivity index (χ2n) is 5.31. The molecule has 2 aliphatic carbocycles. The van der Waals surface area contributed by atoms with Gasteiger partial charge in [0, 0.05) is 12.5 Å². The van der Waals surface area contributed by atoms with Gasteiger partial charge in [0.1, 0.15) is 6.04 Å². The number of hydrogen-bond donors (Lipinski definition) is 1. The molecule has 2 N–H and O–H groups in total. The van der Waals surface area contributed by atoms with Crippen LogP contribution in [0.2, 0.25) is 0 Å². The summed E-state index contributed by atoms with van der Waals surface area (Å²) in [7, 11) is 0. The third-order valence-electron chi connectivity index (χ3n) is 3.54. The molecule has 0 saturated heterocycles. The van der Waals surface area contributed by atoms with Gasteiger partial charge >= 0.3 is 6.18 Å². The van der Waals surface area contributed by atoms with Crippen molar-refractivity contribution in [1.29, 1.82) is 0 Å². The van der Waals surface area contributed by atoms with Crippen molar-refractivity contribution in [3.63, 3.8) is 0 Å². The van der Waals surface area contributed by atoms with Crippen molar-refractivity contribution in [2.24, 2.45) is 11.7 Å². The van der Waals surface area contributed by atoms with Crippen molar-refractivity contribution in [3.8, 4) is 0 Å².